The molecular formula is C17H19NO3S. The number of aliphatic carboxylic acids is 1. The molecule has 22 heavy (non-hydrogen) atoms. The maximum absolute atomic E-state index is 12.1. The van der Waals surface area contributed by atoms with Crippen LogP contribution in [-0.4, -0.2) is 15.6 Å². The van der Waals surface area contributed by atoms with Crippen molar-refractivity contribution in [3.05, 3.63) is 43.9 Å². The Morgan fingerprint density at radius 3 is 2.73 bits per heavy atom. The summed E-state index contributed by atoms with van der Waals surface area (Å²) in [5.74, 6) is -0.882. The van der Waals surface area contributed by atoms with Gasteiger partial charge in [-0.25, -0.2) is 0 Å². The van der Waals surface area contributed by atoms with Crippen molar-refractivity contribution in [3.8, 4) is 11.3 Å². The molecule has 1 aliphatic carbocycles. The summed E-state index contributed by atoms with van der Waals surface area (Å²) in [4.78, 5) is 23.8. The maximum atomic E-state index is 12.1. The van der Waals surface area contributed by atoms with Crippen molar-refractivity contribution >= 4 is 17.3 Å². The Hall–Kier alpha value is -1.88. The fourth-order valence-electron chi connectivity index (χ4n) is 3.17. The number of hydrogen-bond donors (Lipinski definition) is 1. The highest BCUT2D eigenvalue weighted by molar-refractivity contribution is 7.09. The zero-order valence-electron chi connectivity index (χ0n) is 12.6. The molecule has 1 aliphatic rings. The van der Waals surface area contributed by atoms with Crippen molar-refractivity contribution in [2.45, 2.75) is 45.6 Å². The molecule has 1 aromatic carbocycles. The molecule has 0 amide bonds. The van der Waals surface area contributed by atoms with Gasteiger partial charge in [-0.15, -0.1) is 0 Å². The summed E-state index contributed by atoms with van der Waals surface area (Å²) in [5, 5.41) is 8.88. The minimum atomic E-state index is -0.882. The summed E-state index contributed by atoms with van der Waals surface area (Å²) < 4.78 is 1.61. The Labute approximate surface area is 133 Å². The van der Waals surface area contributed by atoms with Gasteiger partial charge in [0.1, 0.15) is 0 Å². The quantitative estimate of drug-likeness (QED) is 0.942. The lowest BCUT2D eigenvalue weighted by molar-refractivity contribution is -0.137. The molecule has 0 unspecified atom stereocenters. The van der Waals surface area contributed by atoms with Crippen molar-refractivity contribution < 1.29 is 9.90 Å². The summed E-state index contributed by atoms with van der Waals surface area (Å²) >= 11 is 1.19. The number of hydrogen-bond acceptors (Lipinski definition) is 3. The zero-order chi connectivity index (χ0) is 15.7. The van der Waals surface area contributed by atoms with Crippen LogP contribution < -0.4 is 4.87 Å². The van der Waals surface area contributed by atoms with Crippen LogP contribution in [0, 0.1) is 6.92 Å². The fourth-order valence-corrected chi connectivity index (χ4v) is 4.05. The van der Waals surface area contributed by atoms with E-state index in [1.165, 1.54) is 35.3 Å². The average molecular weight is 317 g/mol. The standard InChI is InChI=1S/C17H19NO3S/c1-11-16(18(17(21)22-11)9-8-15(19)20)14-7-6-12-4-2-3-5-13(12)10-14/h6-7,10H,2-5,8-9H2,1H3,(H,19,20). The third-order valence-corrected chi connectivity index (χ3v) is 5.13. The average Bonchev–Trinajstić information content (AvgIpc) is 2.78. The predicted octanol–water partition coefficient (Wildman–Crippen LogP) is 3.24. The monoisotopic (exact) mass is 317 g/mol. The van der Waals surface area contributed by atoms with E-state index in [-0.39, 0.29) is 17.8 Å². The Morgan fingerprint density at radius 1 is 1.27 bits per heavy atom. The molecule has 1 aromatic heterocycles. The first-order valence-corrected chi connectivity index (χ1v) is 8.42. The van der Waals surface area contributed by atoms with E-state index in [9.17, 15) is 9.59 Å². The van der Waals surface area contributed by atoms with Crippen LogP contribution in [-0.2, 0) is 24.2 Å². The smallest absolute Gasteiger partial charge is 0.307 e. The second-order valence-corrected chi connectivity index (χ2v) is 6.92. The van der Waals surface area contributed by atoms with Crippen molar-refractivity contribution in [1.82, 2.24) is 4.57 Å². The molecule has 0 saturated heterocycles. The normalized spacial score (nSPS) is 13.9. The molecule has 0 fully saturated rings. The van der Waals surface area contributed by atoms with Crippen LogP contribution in [0.25, 0.3) is 11.3 Å². The van der Waals surface area contributed by atoms with Crippen molar-refractivity contribution in [2.75, 3.05) is 0 Å². The van der Waals surface area contributed by atoms with E-state index in [0.29, 0.717) is 0 Å². The summed E-state index contributed by atoms with van der Waals surface area (Å²) in [6, 6.07) is 6.41. The van der Waals surface area contributed by atoms with Gasteiger partial charge in [-0.05, 0) is 55.4 Å². The molecule has 116 valence electrons. The molecule has 5 heteroatoms. The van der Waals surface area contributed by atoms with E-state index in [1.54, 1.807) is 4.57 Å². The number of carboxylic acid groups (broad SMARTS) is 1. The number of carbonyl (C=O) groups is 1. The Balaban J connectivity index is 2.04. The zero-order valence-corrected chi connectivity index (χ0v) is 13.4. The number of aromatic nitrogens is 1. The van der Waals surface area contributed by atoms with Crippen molar-refractivity contribution in [2.24, 2.45) is 0 Å². The van der Waals surface area contributed by atoms with Crippen LogP contribution in [0.15, 0.2) is 23.0 Å². The van der Waals surface area contributed by atoms with Gasteiger partial charge in [0.2, 0.25) is 0 Å². The van der Waals surface area contributed by atoms with Crippen molar-refractivity contribution in [3.63, 3.8) is 0 Å². The summed E-state index contributed by atoms with van der Waals surface area (Å²) in [6.07, 6.45) is 4.64. The van der Waals surface area contributed by atoms with E-state index >= 15 is 0 Å². The molecular weight excluding hydrogens is 298 g/mol. The SMILES string of the molecule is Cc1sc(=O)n(CCC(=O)O)c1-c1ccc2c(c1)CCCC2. The minimum absolute atomic E-state index is 0.0337. The van der Waals surface area contributed by atoms with Gasteiger partial charge in [0.25, 0.3) is 0 Å². The number of carboxylic acids is 1. The molecule has 0 spiro atoms. The lowest BCUT2D eigenvalue weighted by Crippen LogP contribution is -2.16. The Kier molecular flexibility index (Phi) is 4.16. The molecule has 3 rings (SSSR count). The third-order valence-electron chi connectivity index (χ3n) is 4.24. The number of benzene rings is 1. The number of thiazole rings is 1. The molecule has 0 radical (unpaired) electrons. The third kappa shape index (κ3) is 2.86. The highest BCUT2D eigenvalue weighted by Crippen LogP contribution is 2.30. The maximum Gasteiger partial charge on any atom is 0.307 e. The molecule has 0 bridgehead atoms. The number of fused-ring (bicyclic) bond motifs is 1. The first kappa shape index (κ1) is 15.0. The van der Waals surface area contributed by atoms with Crippen LogP contribution in [0.5, 0.6) is 0 Å². The molecule has 0 saturated carbocycles. The molecule has 1 heterocycles. The second-order valence-electron chi connectivity index (χ2n) is 5.76. The highest BCUT2D eigenvalue weighted by atomic mass is 32.1. The van der Waals surface area contributed by atoms with E-state index in [0.717, 1.165) is 29.0 Å². The largest absolute Gasteiger partial charge is 0.481 e. The van der Waals surface area contributed by atoms with Gasteiger partial charge >= 0.3 is 10.8 Å². The van der Waals surface area contributed by atoms with E-state index in [4.69, 9.17) is 5.11 Å². The second kappa shape index (κ2) is 6.08. The van der Waals surface area contributed by atoms with Gasteiger partial charge < -0.3 is 5.11 Å². The van der Waals surface area contributed by atoms with Crippen molar-refractivity contribution in [1.29, 1.82) is 0 Å². The lowest BCUT2D eigenvalue weighted by atomic mass is 9.90. The summed E-state index contributed by atoms with van der Waals surface area (Å²) in [5.41, 5.74) is 4.68. The van der Waals surface area contributed by atoms with E-state index in [2.05, 4.69) is 18.2 Å². The fraction of sp³-hybridized carbons (Fsp3) is 0.412. The molecule has 0 atom stereocenters. The summed E-state index contributed by atoms with van der Waals surface area (Å²) in [6.45, 7) is 2.16. The van der Waals surface area contributed by atoms with Crippen LogP contribution in [0.2, 0.25) is 0 Å². The lowest BCUT2D eigenvalue weighted by Gasteiger charge is -2.17. The van der Waals surface area contributed by atoms with Gasteiger partial charge in [-0.1, -0.05) is 23.5 Å². The number of nitrogens with zero attached hydrogens (tertiary/aromatic N) is 1. The van der Waals surface area contributed by atoms with Gasteiger partial charge in [-0.3, -0.25) is 14.2 Å². The van der Waals surface area contributed by atoms with Crippen LogP contribution in [0.1, 0.15) is 35.3 Å². The van der Waals surface area contributed by atoms with Crippen LogP contribution in [0.3, 0.4) is 0 Å². The Bertz CT molecular complexity index is 773. The number of rotatable bonds is 4. The predicted molar refractivity (Wildman–Crippen MR) is 87.6 cm³/mol. The molecule has 1 N–H and O–H groups in total. The van der Waals surface area contributed by atoms with Crippen LogP contribution >= 0.6 is 11.3 Å². The molecule has 2 aromatic rings. The molecule has 4 nitrogen and oxygen atoms in total. The first-order chi connectivity index (χ1) is 10.6. The Morgan fingerprint density at radius 2 is 2.00 bits per heavy atom. The van der Waals surface area contributed by atoms with Gasteiger partial charge in [0.05, 0.1) is 12.1 Å². The van der Waals surface area contributed by atoms with E-state index in [1.807, 2.05) is 6.92 Å². The summed E-state index contributed by atoms with van der Waals surface area (Å²) in [7, 11) is 0. The minimum Gasteiger partial charge on any atom is -0.481 e. The van der Waals surface area contributed by atoms with Gasteiger partial charge in [-0.2, -0.15) is 0 Å². The topological polar surface area (TPSA) is 59.3 Å². The molecule has 0 aliphatic heterocycles. The highest BCUT2D eigenvalue weighted by Gasteiger charge is 2.17. The first-order valence-electron chi connectivity index (χ1n) is 7.60. The van der Waals surface area contributed by atoms with E-state index < -0.39 is 5.97 Å². The van der Waals surface area contributed by atoms with Gasteiger partial charge in [0.15, 0.2) is 0 Å². The van der Waals surface area contributed by atoms with Crippen LogP contribution in [0.4, 0.5) is 0 Å². The number of aryl methyl sites for hydroxylation is 3. The van der Waals surface area contributed by atoms with Gasteiger partial charge in [0, 0.05) is 11.4 Å².